The number of esters is 1. The second-order valence-electron chi connectivity index (χ2n) is 4.27. The van der Waals surface area contributed by atoms with Gasteiger partial charge in [0.25, 0.3) is 5.91 Å². The summed E-state index contributed by atoms with van der Waals surface area (Å²) in [6.45, 7) is 3.27. The predicted molar refractivity (Wildman–Crippen MR) is 87.3 cm³/mol. The lowest BCUT2D eigenvalue weighted by Gasteiger charge is -2.13. The molecular weight excluding hydrogens is 386 g/mol. The summed E-state index contributed by atoms with van der Waals surface area (Å²) >= 11 is 3.27. The van der Waals surface area contributed by atoms with Crippen LogP contribution in [0.2, 0.25) is 0 Å². The lowest BCUT2D eigenvalue weighted by Crippen LogP contribution is -2.34. The number of halogens is 1. The molecule has 0 heterocycles. The van der Waals surface area contributed by atoms with Gasteiger partial charge in [0.1, 0.15) is 0 Å². The Hall–Kier alpha value is -2.29. The fourth-order valence-electron chi connectivity index (χ4n) is 1.68. The third-order valence-corrected chi connectivity index (χ3v) is 3.19. The smallest absolute Gasteiger partial charge is 0.413 e. The standard InChI is InChI=1S/C15H18BrNO7/c1-4-22-11-7-9(6-10(16)13(11)21-3)14(19)24-8-12(18)17-15(20)23-5-2/h6-7H,4-5,8H2,1-3H3,(H,17,18,20). The molecule has 9 heteroatoms. The highest BCUT2D eigenvalue weighted by Crippen LogP contribution is 2.36. The first-order valence-corrected chi connectivity index (χ1v) is 7.86. The first-order valence-electron chi connectivity index (χ1n) is 7.06. The first-order chi connectivity index (χ1) is 11.4. The van der Waals surface area contributed by atoms with Crippen LogP contribution in [0.1, 0.15) is 24.2 Å². The van der Waals surface area contributed by atoms with Gasteiger partial charge >= 0.3 is 12.1 Å². The summed E-state index contributed by atoms with van der Waals surface area (Å²) in [5.41, 5.74) is 0.162. The molecule has 132 valence electrons. The molecule has 0 atom stereocenters. The highest BCUT2D eigenvalue weighted by Gasteiger charge is 2.18. The largest absolute Gasteiger partial charge is 0.492 e. The number of carbonyl (C=O) groups excluding carboxylic acids is 3. The molecule has 0 saturated heterocycles. The van der Waals surface area contributed by atoms with Gasteiger partial charge in [0, 0.05) is 0 Å². The Morgan fingerprint density at radius 3 is 2.42 bits per heavy atom. The molecule has 1 aromatic carbocycles. The van der Waals surface area contributed by atoms with Gasteiger partial charge in [0.05, 0.1) is 30.4 Å². The van der Waals surface area contributed by atoms with Crippen LogP contribution in [0.4, 0.5) is 4.79 Å². The second-order valence-corrected chi connectivity index (χ2v) is 5.12. The average Bonchev–Trinajstić information content (AvgIpc) is 2.52. The zero-order valence-corrected chi connectivity index (χ0v) is 15.1. The molecule has 0 aliphatic carbocycles. The molecule has 0 aliphatic rings. The molecule has 0 saturated carbocycles. The number of rotatable bonds is 7. The Labute approximate surface area is 147 Å². The first kappa shape index (κ1) is 19.8. The van der Waals surface area contributed by atoms with Crippen LogP contribution in [0, 0.1) is 0 Å². The van der Waals surface area contributed by atoms with Gasteiger partial charge < -0.3 is 18.9 Å². The minimum Gasteiger partial charge on any atom is -0.492 e. The van der Waals surface area contributed by atoms with E-state index < -0.39 is 24.6 Å². The number of imide groups is 1. The highest BCUT2D eigenvalue weighted by molar-refractivity contribution is 9.10. The zero-order valence-electron chi connectivity index (χ0n) is 13.5. The molecule has 24 heavy (non-hydrogen) atoms. The van der Waals surface area contributed by atoms with Crippen LogP contribution in [-0.2, 0) is 14.3 Å². The number of carbonyl (C=O) groups is 3. The number of methoxy groups -OCH3 is 1. The number of alkyl carbamates (subject to hydrolysis) is 1. The predicted octanol–water partition coefficient (Wildman–Crippen LogP) is 2.29. The highest BCUT2D eigenvalue weighted by atomic mass is 79.9. The van der Waals surface area contributed by atoms with Gasteiger partial charge in [0.15, 0.2) is 18.1 Å². The maximum atomic E-state index is 12.0. The van der Waals surface area contributed by atoms with Crippen LogP contribution < -0.4 is 14.8 Å². The molecule has 8 nitrogen and oxygen atoms in total. The summed E-state index contributed by atoms with van der Waals surface area (Å²) in [7, 11) is 1.47. The van der Waals surface area contributed by atoms with Gasteiger partial charge in [-0.25, -0.2) is 9.59 Å². The Morgan fingerprint density at radius 2 is 1.83 bits per heavy atom. The van der Waals surface area contributed by atoms with E-state index in [1.54, 1.807) is 13.8 Å². The molecule has 0 fully saturated rings. The molecule has 1 N–H and O–H groups in total. The number of ether oxygens (including phenoxy) is 4. The topological polar surface area (TPSA) is 100 Å². The summed E-state index contributed by atoms with van der Waals surface area (Å²) in [6, 6.07) is 2.92. The van der Waals surface area contributed by atoms with Gasteiger partial charge in [-0.1, -0.05) is 0 Å². The fraction of sp³-hybridized carbons (Fsp3) is 0.400. The normalized spacial score (nSPS) is 9.83. The summed E-state index contributed by atoms with van der Waals surface area (Å²) in [5, 5.41) is 1.92. The van der Waals surface area contributed by atoms with Crippen LogP contribution in [0.25, 0.3) is 0 Å². The molecule has 0 bridgehead atoms. The van der Waals surface area contributed by atoms with Crippen molar-refractivity contribution in [2.24, 2.45) is 0 Å². The fourth-order valence-corrected chi connectivity index (χ4v) is 2.28. The molecule has 0 aromatic heterocycles. The second kappa shape index (κ2) is 9.76. The van der Waals surface area contributed by atoms with E-state index in [2.05, 4.69) is 20.7 Å². The molecule has 1 aromatic rings. The molecule has 0 radical (unpaired) electrons. The average molecular weight is 404 g/mol. The van der Waals surface area contributed by atoms with E-state index >= 15 is 0 Å². The minimum absolute atomic E-state index is 0.124. The Kier molecular flexibility index (Phi) is 8.03. The minimum atomic E-state index is -0.899. The molecule has 0 aliphatic heterocycles. The zero-order chi connectivity index (χ0) is 18.1. The van der Waals surface area contributed by atoms with E-state index in [9.17, 15) is 14.4 Å². The van der Waals surface area contributed by atoms with E-state index in [1.165, 1.54) is 19.2 Å². The molecule has 0 unspecified atom stereocenters. The number of nitrogens with one attached hydrogen (secondary N) is 1. The van der Waals surface area contributed by atoms with Crippen molar-refractivity contribution >= 4 is 33.9 Å². The van der Waals surface area contributed by atoms with E-state index in [-0.39, 0.29) is 12.2 Å². The van der Waals surface area contributed by atoms with Crippen molar-refractivity contribution in [2.45, 2.75) is 13.8 Å². The number of hydrogen-bond donors (Lipinski definition) is 1. The SMILES string of the molecule is CCOC(=O)NC(=O)COC(=O)c1cc(Br)c(OC)c(OCC)c1. The summed E-state index contributed by atoms with van der Waals surface area (Å²) < 4.78 is 20.5. The van der Waals surface area contributed by atoms with Gasteiger partial charge in [-0.05, 0) is 41.9 Å². The lowest BCUT2D eigenvalue weighted by molar-refractivity contribution is -0.123. The summed E-state index contributed by atoms with van der Waals surface area (Å²) in [5.74, 6) is -0.747. The number of benzene rings is 1. The molecule has 0 spiro atoms. The van der Waals surface area contributed by atoms with Crippen molar-refractivity contribution in [3.05, 3.63) is 22.2 Å². The Balaban J connectivity index is 2.74. The van der Waals surface area contributed by atoms with Crippen LogP contribution in [-0.4, -0.2) is 44.9 Å². The van der Waals surface area contributed by atoms with E-state index in [0.717, 1.165) is 0 Å². The monoisotopic (exact) mass is 403 g/mol. The quantitative estimate of drug-likeness (QED) is 0.696. The van der Waals surface area contributed by atoms with Crippen molar-refractivity contribution < 1.29 is 33.3 Å². The van der Waals surface area contributed by atoms with Crippen LogP contribution in [0.15, 0.2) is 16.6 Å². The summed E-state index contributed by atoms with van der Waals surface area (Å²) in [4.78, 5) is 34.6. The molecule has 2 amide bonds. The Morgan fingerprint density at radius 1 is 1.12 bits per heavy atom. The summed E-state index contributed by atoms with van der Waals surface area (Å²) in [6.07, 6.45) is -0.899. The van der Waals surface area contributed by atoms with Gasteiger partial charge in [-0.15, -0.1) is 0 Å². The molecular formula is C15H18BrNO7. The lowest BCUT2D eigenvalue weighted by atomic mass is 10.2. The van der Waals surface area contributed by atoms with E-state index in [4.69, 9.17) is 14.2 Å². The van der Waals surface area contributed by atoms with Gasteiger partial charge in [-0.2, -0.15) is 0 Å². The van der Waals surface area contributed by atoms with Crippen LogP contribution in [0.5, 0.6) is 11.5 Å². The van der Waals surface area contributed by atoms with E-state index in [1.807, 2.05) is 5.32 Å². The van der Waals surface area contributed by atoms with Gasteiger partial charge in [0.2, 0.25) is 0 Å². The third kappa shape index (κ3) is 5.73. The van der Waals surface area contributed by atoms with Crippen molar-refractivity contribution in [2.75, 3.05) is 26.9 Å². The molecule has 1 rings (SSSR count). The van der Waals surface area contributed by atoms with Crippen molar-refractivity contribution in [3.8, 4) is 11.5 Å². The van der Waals surface area contributed by atoms with Crippen LogP contribution >= 0.6 is 15.9 Å². The number of hydrogen-bond acceptors (Lipinski definition) is 7. The van der Waals surface area contributed by atoms with Crippen molar-refractivity contribution in [1.29, 1.82) is 0 Å². The van der Waals surface area contributed by atoms with Crippen molar-refractivity contribution in [1.82, 2.24) is 5.32 Å². The Bertz CT molecular complexity index is 618. The van der Waals surface area contributed by atoms with Gasteiger partial charge in [-0.3, -0.25) is 10.1 Å². The van der Waals surface area contributed by atoms with E-state index in [0.29, 0.717) is 22.6 Å². The maximum Gasteiger partial charge on any atom is 0.413 e. The van der Waals surface area contributed by atoms with Crippen LogP contribution in [0.3, 0.4) is 0 Å². The maximum absolute atomic E-state index is 12.0. The number of amides is 2. The van der Waals surface area contributed by atoms with Crippen molar-refractivity contribution in [3.63, 3.8) is 0 Å². The third-order valence-electron chi connectivity index (χ3n) is 2.60.